The molecular weight excluding hydrogens is 267 g/mol. The summed E-state index contributed by atoms with van der Waals surface area (Å²) in [7, 11) is 0. The second kappa shape index (κ2) is 5.41. The first-order valence-electron chi connectivity index (χ1n) is 6.80. The minimum absolute atomic E-state index is 0.0894. The number of anilines is 2. The number of carbonyl (C=O) groups is 1. The van der Waals surface area contributed by atoms with Gasteiger partial charge in [0, 0.05) is 23.2 Å². The molecule has 0 saturated heterocycles. The molecule has 1 heterocycles. The third kappa shape index (κ3) is 2.38. The highest BCUT2D eigenvalue weighted by atomic mass is 32.2. The van der Waals surface area contributed by atoms with Crippen LogP contribution in [0.1, 0.15) is 13.3 Å². The summed E-state index contributed by atoms with van der Waals surface area (Å²) in [6, 6.07) is 12.6. The molecule has 0 unspecified atom stereocenters. The molecule has 0 saturated carbocycles. The van der Waals surface area contributed by atoms with E-state index < -0.39 is 0 Å². The molecule has 2 aromatic carbocycles. The molecule has 1 aliphatic rings. The fourth-order valence-electron chi connectivity index (χ4n) is 2.70. The molecule has 0 spiro atoms. The summed E-state index contributed by atoms with van der Waals surface area (Å²) in [5.74, 6) is 0.235. The maximum atomic E-state index is 11.6. The van der Waals surface area contributed by atoms with Crippen LogP contribution >= 0.6 is 11.8 Å². The number of benzene rings is 2. The molecule has 102 valence electrons. The molecule has 1 atom stereocenters. The third-order valence-corrected chi connectivity index (χ3v) is 4.43. The van der Waals surface area contributed by atoms with Crippen LogP contribution in [0.5, 0.6) is 0 Å². The molecule has 20 heavy (non-hydrogen) atoms. The van der Waals surface area contributed by atoms with E-state index in [2.05, 4.69) is 53.8 Å². The summed E-state index contributed by atoms with van der Waals surface area (Å²) in [4.78, 5) is 11.6. The highest BCUT2D eigenvalue weighted by molar-refractivity contribution is 8.13. The Kier molecular flexibility index (Phi) is 3.61. The van der Waals surface area contributed by atoms with Crippen LogP contribution in [0.25, 0.3) is 10.8 Å². The third-order valence-electron chi connectivity index (χ3n) is 3.81. The Morgan fingerprint density at radius 1 is 1.20 bits per heavy atom. The van der Waals surface area contributed by atoms with Crippen LogP contribution in [0.4, 0.5) is 11.4 Å². The standard InChI is InChI=1S/C15H17BN2OS/c1-10(9-14(19)20-2)16-17-12-7-3-5-11-6-4-8-13(18-16)15(11)12/h3-8,10,17-18H,9H2,1-2H3/t10-/m1/s1. The predicted molar refractivity (Wildman–Crippen MR) is 89.5 cm³/mol. The monoisotopic (exact) mass is 284 g/mol. The molecule has 0 bridgehead atoms. The van der Waals surface area contributed by atoms with Gasteiger partial charge in [0.25, 0.3) is 0 Å². The summed E-state index contributed by atoms with van der Waals surface area (Å²) in [5, 5.41) is 9.73. The van der Waals surface area contributed by atoms with Gasteiger partial charge in [0.05, 0.1) is 0 Å². The average molecular weight is 284 g/mol. The van der Waals surface area contributed by atoms with Crippen molar-refractivity contribution in [2.24, 2.45) is 0 Å². The Morgan fingerprint density at radius 2 is 1.80 bits per heavy atom. The van der Waals surface area contributed by atoms with Gasteiger partial charge < -0.3 is 10.5 Å². The van der Waals surface area contributed by atoms with Gasteiger partial charge >= 0.3 is 6.98 Å². The summed E-state index contributed by atoms with van der Waals surface area (Å²) in [5.41, 5.74) is 2.29. The van der Waals surface area contributed by atoms with E-state index >= 15 is 0 Å². The van der Waals surface area contributed by atoms with Crippen molar-refractivity contribution in [1.29, 1.82) is 0 Å². The molecule has 0 amide bonds. The Labute approximate surface area is 123 Å². The normalized spacial score (nSPS) is 14.6. The lowest BCUT2D eigenvalue weighted by atomic mass is 9.60. The summed E-state index contributed by atoms with van der Waals surface area (Å²) in [6.45, 7) is 2.19. The smallest absolute Gasteiger partial charge is 0.373 e. The van der Waals surface area contributed by atoms with Gasteiger partial charge in [-0.1, -0.05) is 43.0 Å². The van der Waals surface area contributed by atoms with Crippen LogP contribution in [0.2, 0.25) is 5.82 Å². The molecule has 0 radical (unpaired) electrons. The van der Waals surface area contributed by atoms with Crippen molar-refractivity contribution in [3.8, 4) is 0 Å². The van der Waals surface area contributed by atoms with Crippen molar-refractivity contribution < 1.29 is 4.79 Å². The molecule has 0 aliphatic carbocycles. The lowest BCUT2D eigenvalue weighted by Gasteiger charge is -2.29. The van der Waals surface area contributed by atoms with E-state index in [9.17, 15) is 4.79 Å². The van der Waals surface area contributed by atoms with Gasteiger partial charge in [0.15, 0.2) is 5.12 Å². The highest BCUT2D eigenvalue weighted by Crippen LogP contribution is 2.36. The van der Waals surface area contributed by atoms with Crippen molar-refractivity contribution in [2.75, 3.05) is 16.7 Å². The summed E-state index contributed by atoms with van der Waals surface area (Å²) >= 11 is 1.30. The zero-order valence-corrected chi connectivity index (χ0v) is 12.5. The largest absolute Gasteiger partial charge is 0.409 e. The first-order valence-corrected chi connectivity index (χ1v) is 8.03. The van der Waals surface area contributed by atoms with Gasteiger partial charge in [-0.15, -0.1) is 0 Å². The Balaban J connectivity index is 1.89. The van der Waals surface area contributed by atoms with E-state index in [1.807, 2.05) is 6.26 Å². The van der Waals surface area contributed by atoms with Crippen LogP contribution in [-0.2, 0) is 4.79 Å². The SMILES string of the molecule is CSC(=O)C[C@@H](C)B1Nc2cccc3cccc(c23)N1. The van der Waals surface area contributed by atoms with E-state index in [1.54, 1.807) is 0 Å². The van der Waals surface area contributed by atoms with Gasteiger partial charge in [-0.3, -0.25) is 4.79 Å². The summed E-state index contributed by atoms with van der Waals surface area (Å²) < 4.78 is 0. The van der Waals surface area contributed by atoms with Crippen LogP contribution < -0.4 is 10.5 Å². The maximum Gasteiger partial charge on any atom is 0.373 e. The van der Waals surface area contributed by atoms with Crippen molar-refractivity contribution in [3.63, 3.8) is 0 Å². The van der Waals surface area contributed by atoms with Gasteiger partial charge in [0.2, 0.25) is 0 Å². The number of hydrogen-bond acceptors (Lipinski definition) is 4. The average Bonchev–Trinajstić information content (AvgIpc) is 2.47. The van der Waals surface area contributed by atoms with Gasteiger partial charge in [0.1, 0.15) is 0 Å². The molecule has 2 aromatic rings. The number of rotatable bonds is 3. The molecule has 1 aliphatic heterocycles. The van der Waals surface area contributed by atoms with E-state index in [-0.39, 0.29) is 17.9 Å². The van der Waals surface area contributed by atoms with Gasteiger partial charge in [-0.2, -0.15) is 0 Å². The first-order chi connectivity index (χ1) is 9.69. The van der Waals surface area contributed by atoms with Crippen LogP contribution in [0.15, 0.2) is 36.4 Å². The second-order valence-electron chi connectivity index (χ2n) is 5.23. The molecule has 3 rings (SSSR count). The fraction of sp³-hybridized carbons (Fsp3) is 0.267. The van der Waals surface area contributed by atoms with Crippen molar-refractivity contribution >= 4 is 46.0 Å². The van der Waals surface area contributed by atoms with E-state index in [1.165, 1.54) is 22.5 Å². The molecule has 3 nitrogen and oxygen atoms in total. The van der Waals surface area contributed by atoms with Gasteiger partial charge in [-0.05, 0) is 29.6 Å². The lowest BCUT2D eigenvalue weighted by Crippen LogP contribution is -2.41. The Hall–Kier alpha value is -1.62. The Morgan fingerprint density at radius 3 is 2.35 bits per heavy atom. The lowest BCUT2D eigenvalue weighted by molar-refractivity contribution is -0.110. The Bertz CT molecular complexity index is 621. The van der Waals surface area contributed by atoms with E-state index in [4.69, 9.17) is 0 Å². The first kappa shape index (κ1) is 13.4. The predicted octanol–water partition coefficient (Wildman–Crippen LogP) is 3.84. The van der Waals surface area contributed by atoms with E-state index in [0.29, 0.717) is 6.42 Å². The number of carbonyl (C=O) groups excluding carboxylic acids is 1. The number of thioether (sulfide) groups is 1. The highest BCUT2D eigenvalue weighted by Gasteiger charge is 2.29. The van der Waals surface area contributed by atoms with Crippen LogP contribution in [0.3, 0.4) is 0 Å². The molecule has 0 fully saturated rings. The fourth-order valence-corrected chi connectivity index (χ4v) is 3.13. The minimum Gasteiger partial charge on any atom is -0.409 e. The topological polar surface area (TPSA) is 41.1 Å². The number of nitrogens with one attached hydrogen (secondary N) is 2. The van der Waals surface area contributed by atoms with Gasteiger partial charge in [-0.25, -0.2) is 0 Å². The zero-order valence-electron chi connectivity index (χ0n) is 11.6. The van der Waals surface area contributed by atoms with Crippen LogP contribution in [-0.4, -0.2) is 18.4 Å². The minimum atomic E-state index is 0.0894. The molecule has 2 N–H and O–H groups in total. The molecule has 0 aromatic heterocycles. The molecular formula is C15H17BN2OS. The van der Waals surface area contributed by atoms with E-state index in [0.717, 1.165) is 11.4 Å². The quantitative estimate of drug-likeness (QED) is 0.840. The summed E-state index contributed by atoms with van der Waals surface area (Å²) in [6.07, 6.45) is 2.41. The van der Waals surface area contributed by atoms with Crippen molar-refractivity contribution in [3.05, 3.63) is 36.4 Å². The zero-order chi connectivity index (χ0) is 14.1. The molecule has 5 heteroatoms. The maximum absolute atomic E-state index is 11.6. The van der Waals surface area contributed by atoms with Crippen molar-refractivity contribution in [1.82, 2.24) is 0 Å². The van der Waals surface area contributed by atoms with Crippen molar-refractivity contribution in [2.45, 2.75) is 19.2 Å². The number of hydrogen-bond donors (Lipinski definition) is 2. The second-order valence-corrected chi connectivity index (χ2v) is 6.10. The van der Waals surface area contributed by atoms with Crippen LogP contribution in [0, 0.1) is 0 Å².